The van der Waals surface area contributed by atoms with E-state index in [0.717, 1.165) is 21.3 Å². The quantitative estimate of drug-likeness (QED) is 0.370. The van der Waals surface area contributed by atoms with E-state index >= 15 is 0 Å². The molecule has 0 aromatic heterocycles. The van der Waals surface area contributed by atoms with Crippen molar-refractivity contribution >= 4 is 50.2 Å². The van der Waals surface area contributed by atoms with E-state index in [9.17, 15) is 0 Å². The van der Waals surface area contributed by atoms with Crippen molar-refractivity contribution in [3.8, 4) is 5.75 Å². The lowest BCUT2D eigenvalue weighted by Gasteiger charge is -2.11. The molecule has 3 N–H and O–H groups in total. The van der Waals surface area contributed by atoms with Crippen molar-refractivity contribution in [2.75, 3.05) is 0 Å². The zero-order chi connectivity index (χ0) is 17.6. The summed E-state index contributed by atoms with van der Waals surface area (Å²) in [5, 5.41) is 6.48. The second-order valence-electron chi connectivity index (χ2n) is 5.35. The van der Waals surface area contributed by atoms with E-state index in [4.69, 9.17) is 22.7 Å². The van der Waals surface area contributed by atoms with Gasteiger partial charge >= 0.3 is 0 Å². The Morgan fingerprint density at radius 1 is 1.16 bits per heavy atom. The summed E-state index contributed by atoms with van der Waals surface area (Å²) >= 11 is 8.23. The fourth-order valence-corrected chi connectivity index (χ4v) is 3.02. The maximum atomic E-state index is 5.98. The molecule has 25 heavy (non-hydrogen) atoms. The van der Waals surface area contributed by atoms with E-state index in [-0.39, 0.29) is 5.11 Å². The number of benzene rings is 3. The van der Waals surface area contributed by atoms with Crippen LogP contribution in [0.1, 0.15) is 11.1 Å². The van der Waals surface area contributed by atoms with Crippen molar-refractivity contribution in [3.63, 3.8) is 0 Å². The molecular formula is C19H16BrN3OS. The molecule has 0 aliphatic carbocycles. The van der Waals surface area contributed by atoms with Crippen molar-refractivity contribution in [1.29, 1.82) is 0 Å². The Balaban J connectivity index is 1.73. The van der Waals surface area contributed by atoms with Crippen LogP contribution in [0.5, 0.6) is 5.75 Å². The van der Waals surface area contributed by atoms with Gasteiger partial charge in [0.2, 0.25) is 0 Å². The van der Waals surface area contributed by atoms with Crippen molar-refractivity contribution in [1.82, 2.24) is 5.43 Å². The summed E-state index contributed by atoms with van der Waals surface area (Å²) in [6.07, 6.45) is 1.64. The highest BCUT2D eigenvalue weighted by molar-refractivity contribution is 9.10. The molecule has 0 aliphatic heterocycles. The van der Waals surface area contributed by atoms with Gasteiger partial charge in [-0.15, -0.1) is 0 Å². The summed E-state index contributed by atoms with van der Waals surface area (Å²) < 4.78 is 6.83. The van der Waals surface area contributed by atoms with Crippen LogP contribution in [0.15, 0.2) is 70.2 Å². The largest absolute Gasteiger partial charge is 0.488 e. The minimum Gasteiger partial charge on any atom is -0.488 e. The molecule has 0 atom stereocenters. The van der Waals surface area contributed by atoms with Gasteiger partial charge in [-0.2, -0.15) is 5.10 Å². The predicted octanol–water partition coefficient (Wildman–Crippen LogP) is 4.35. The SMILES string of the molecule is NC(=S)N/N=C/c1ccc(OCc2cccc3ccccc23)c(Br)c1. The Morgan fingerprint density at radius 3 is 2.76 bits per heavy atom. The van der Waals surface area contributed by atoms with Crippen molar-refractivity contribution < 1.29 is 4.74 Å². The standard InChI is InChI=1S/C19H16BrN3OS/c20-17-10-13(11-22-23-19(21)25)8-9-18(17)24-12-15-6-3-5-14-4-1-2-7-16(14)15/h1-11H,12H2,(H3,21,23,25)/b22-11+. The molecule has 0 unspecified atom stereocenters. The molecule has 0 saturated carbocycles. The van der Waals surface area contributed by atoms with E-state index < -0.39 is 0 Å². The summed E-state index contributed by atoms with van der Waals surface area (Å²) in [4.78, 5) is 0. The summed E-state index contributed by atoms with van der Waals surface area (Å²) in [5.74, 6) is 0.771. The van der Waals surface area contributed by atoms with Gasteiger partial charge < -0.3 is 10.5 Å². The summed E-state index contributed by atoms with van der Waals surface area (Å²) in [7, 11) is 0. The zero-order valence-corrected chi connectivity index (χ0v) is 15.7. The van der Waals surface area contributed by atoms with Gasteiger partial charge in [-0.1, -0.05) is 42.5 Å². The van der Waals surface area contributed by atoms with E-state index in [2.05, 4.69) is 50.7 Å². The molecule has 126 valence electrons. The highest BCUT2D eigenvalue weighted by atomic mass is 79.9. The number of nitrogens with zero attached hydrogens (tertiary/aromatic N) is 1. The summed E-state index contributed by atoms with van der Waals surface area (Å²) in [6.45, 7) is 0.496. The topological polar surface area (TPSA) is 59.6 Å². The van der Waals surface area contributed by atoms with Crippen LogP contribution in [0.3, 0.4) is 0 Å². The molecule has 3 rings (SSSR count). The third kappa shape index (κ3) is 4.55. The van der Waals surface area contributed by atoms with Gasteiger partial charge in [-0.25, -0.2) is 0 Å². The number of rotatable bonds is 5. The van der Waals surface area contributed by atoms with E-state index in [1.165, 1.54) is 10.8 Å². The predicted molar refractivity (Wildman–Crippen MR) is 110 cm³/mol. The molecule has 3 aromatic rings. The first kappa shape index (κ1) is 17.4. The molecule has 0 bridgehead atoms. The Hall–Kier alpha value is -2.44. The first-order valence-electron chi connectivity index (χ1n) is 7.61. The van der Waals surface area contributed by atoms with Gasteiger partial charge in [0.1, 0.15) is 12.4 Å². The fourth-order valence-electron chi connectivity index (χ4n) is 2.46. The number of nitrogens with one attached hydrogen (secondary N) is 1. The molecule has 0 amide bonds. The van der Waals surface area contributed by atoms with E-state index in [0.29, 0.717) is 6.61 Å². The Kier molecular flexibility index (Phi) is 5.63. The van der Waals surface area contributed by atoms with Crippen LogP contribution in [-0.4, -0.2) is 11.3 Å². The third-order valence-corrected chi connectivity index (χ3v) is 4.32. The fraction of sp³-hybridized carbons (Fsp3) is 0.0526. The maximum absolute atomic E-state index is 5.98. The van der Waals surface area contributed by atoms with Crippen molar-refractivity contribution in [3.05, 3.63) is 76.3 Å². The first-order chi connectivity index (χ1) is 12.1. The molecule has 3 aromatic carbocycles. The maximum Gasteiger partial charge on any atom is 0.184 e. The second-order valence-corrected chi connectivity index (χ2v) is 6.65. The van der Waals surface area contributed by atoms with Crippen LogP contribution >= 0.6 is 28.1 Å². The number of fused-ring (bicyclic) bond motifs is 1. The average Bonchev–Trinajstić information content (AvgIpc) is 2.61. The number of thiocarbonyl (C=S) groups is 1. The molecule has 0 spiro atoms. The molecule has 0 fully saturated rings. The second kappa shape index (κ2) is 8.09. The van der Waals surface area contributed by atoms with Gasteiger partial charge in [-0.3, -0.25) is 5.43 Å². The summed E-state index contributed by atoms with van der Waals surface area (Å²) in [5.41, 5.74) is 9.89. The number of hydrogen-bond acceptors (Lipinski definition) is 3. The lowest BCUT2D eigenvalue weighted by molar-refractivity contribution is 0.305. The first-order valence-corrected chi connectivity index (χ1v) is 8.81. The third-order valence-electron chi connectivity index (χ3n) is 3.61. The lowest BCUT2D eigenvalue weighted by atomic mass is 10.1. The average molecular weight is 414 g/mol. The smallest absolute Gasteiger partial charge is 0.184 e. The zero-order valence-electron chi connectivity index (χ0n) is 13.3. The number of hydrogen-bond donors (Lipinski definition) is 2. The van der Waals surface area contributed by atoms with Gasteiger partial charge in [-0.05, 0) is 68.2 Å². The normalized spacial score (nSPS) is 10.9. The minimum atomic E-state index is 0.130. The van der Waals surface area contributed by atoms with Crippen LogP contribution in [0.4, 0.5) is 0 Å². The van der Waals surface area contributed by atoms with Gasteiger partial charge in [0.05, 0.1) is 10.7 Å². The molecule has 0 saturated heterocycles. The van der Waals surface area contributed by atoms with Crippen LogP contribution in [0.2, 0.25) is 0 Å². The number of hydrazone groups is 1. The van der Waals surface area contributed by atoms with Crippen molar-refractivity contribution in [2.24, 2.45) is 10.8 Å². The Labute approximate surface area is 159 Å². The highest BCUT2D eigenvalue weighted by Crippen LogP contribution is 2.27. The van der Waals surface area contributed by atoms with Crippen LogP contribution < -0.4 is 15.9 Å². The lowest BCUT2D eigenvalue weighted by Crippen LogP contribution is -2.23. The van der Waals surface area contributed by atoms with Crippen molar-refractivity contribution in [2.45, 2.75) is 6.61 Å². The molecule has 0 radical (unpaired) electrons. The molecule has 0 aliphatic rings. The van der Waals surface area contributed by atoms with Gasteiger partial charge in [0.25, 0.3) is 0 Å². The van der Waals surface area contributed by atoms with E-state index in [1.807, 2.05) is 36.4 Å². The molecule has 0 heterocycles. The Bertz CT molecular complexity index is 938. The summed E-state index contributed by atoms with van der Waals surface area (Å²) in [6, 6.07) is 20.2. The van der Waals surface area contributed by atoms with Gasteiger partial charge in [0.15, 0.2) is 5.11 Å². The number of nitrogens with two attached hydrogens (primary N) is 1. The van der Waals surface area contributed by atoms with Crippen LogP contribution in [0.25, 0.3) is 10.8 Å². The number of ether oxygens (including phenoxy) is 1. The van der Waals surface area contributed by atoms with Gasteiger partial charge in [0, 0.05) is 0 Å². The molecule has 6 heteroatoms. The monoisotopic (exact) mass is 413 g/mol. The Morgan fingerprint density at radius 2 is 1.96 bits per heavy atom. The number of halogens is 1. The minimum absolute atomic E-state index is 0.130. The van der Waals surface area contributed by atoms with Crippen LogP contribution in [0, 0.1) is 0 Å². The highest BCUT2D eigenvalue weighted by Gasteiger charge is 2.05. The molecule has 4 nitrogen and oxygen atoms in total. The van der Waals surface area contributed by atoms with Crippen LogP contribution in [-0.2, 0) is 6.61 Å². The van der Waals surface area contributed by atoms with E-state index in [1.54, 1.807) is 6.21 Å². The molecular weight excluding hydrogens is 398 g/mol.